The molecule has 6 nitrogen and oxygen atoms in total. The van der Waals surface area contributed by atoms with Gasteiger partial charge in [0.25, 0.3) is 0 Å². The number of rotatable bonds is 3. The molecular formula is C11H16F3NO5S. The van der Waals surface area contributed by atoms with Crippen LogP contribution in [0.5, 0.6) is 0 Å². The smallest absolute Gasteiger partial charge is 0.480 e. The fraction of sp³-hybridized carbons (Fsp3) is 0.727. The SMILES string of the molecule is CC(C)(C)N1CCC(OS(=O)(=O)C(F)(F)F)=CC1C(=O)O. The summed E-state index contributed by atoms with van der Waals surface area (Å²) in [6, 6.07) is -1.25. The largest absolute Gasteiger partial charge is 0.534 e. The fourth-order valence-corrected chi connectivity index (χ4v) is 2.45. The number of alkyl halides is 3. The molecule has 0 aromatic rings. The van der Waals surface area contributed by atoms with Gasteiger partial charge >= 0.3 is 21.6 Å². The second kappa shape index (κ2) is 5.48. The molecule has 1 atom stereocenters. The molecule has 0 aromatic heterocycles. The van der Waals surface area contributed by atoms with E-state index in [9.17, 15) is 26.4 Å². The van der Waals surface area contributed by atoms with Crippen LogP contribution < -0.4 is 0 Å². The minimum Gasteiger partial charge on any atom is -0.480 e. The van der Waals surface area contributed by atoms with Crippen LogP contribution in [-0.2, 0) is 19.1 Å². The standard InChI is InChI=1S/C11H16F3NO5S/c1-10(2,3)15-5-4-7(6-8(15)9(16)17)20-21(18,19)11(12,13)14/h6,8H,4-5H2,1-3H3,(H,16,17). The molecule has 21 heavy (non-hydrogen) atoms. The van der Waals surface area contributed by atoms with Crippen molar-refractivity contribution < 1.29 is 35.7 Å². The molecule has 0 saturated carbocycles. The van der Waals surface area contributed by atoms with Crippen molar-refractivity contribution in [2.75, 3.05) is 6.54 Å². The van der Waals surface area contributed by atoms with Crippen LogP contribution in [0.3, 0.4) is 0 Å². The maximum Gasteiger partial charge on any atom is 0.534 e. The van der Waals surface area contributed by atoms with Crippen LogP contribution in [0.2, 0.25) is 0 Å². The molecule has 0 amide bonds. The minimum absolute atomic E-state index is 0.0691. The third-order valence-electron chi connectivity index (χ3n) is 2.89. The Morgan fingerprint density at radius 2 is 1.90 bits per heavy atom. The summed E-state index contributed by atoms with van der Waals surface area (Å²) >= 11 is 0. The van der Waals surface area contributed by atoms with Gasteiger partial charge in [-0.3, -0.25) is 9.69 Å². The first-order valence-electron chi connectivity index (χ1n) is 5.97. The van der Waals surface area contributed by atoms with E-state index >= 15 is 0 Å². The molecule has 0 aromatic carbocycles. The normalized spacial score (nSPS) is 21.8. The highest BCUT2D eigenvalue weighted by Gasteiger charge is 2.49. The summed E-state index contributed by atoms with van der Waals surface area (Å²) < 4.78 is 62.6. The van der Waals surface area contributed by atoms with Crippen molar-refractivity contribution in [3.05, 3.63) is 11.8 Å². The Labute approximate surface area is 120 Å². The van der Waals surface area contributed by atoms with E-state index in [2.05, 4.69) is 4.18 Å². The summed E-state index contributed by atoms with van der Waals surface area (Å²) in [5.41, 5.74) is -6.10. The van der Waals surface area contributed by atoms with Crippen LogP contribution in [0, 0.1) is 0 Å². The van der Waals surface area contributed by atoms with Crippen molar-refractivity contribution in [1.29, 1.82) is 0 Å². The zero-order chi connectivity index (χ0) is 16.6. The number of carbonyl (C=O) groups is 1. The van der Waals surface area contributed by atoms with Crippen LogP contribution in [0.4, 0.5) is 13.2 Å². The van der Waals surface area contributed by atoms with Crippen molar-refractivity contribution in [2.45, 2.75) is 44.3 Å². The number of nitrogens with zero attached hydrogens (tertiary/aromatic N) is 1. The minimum atomic E-state index is -5.78. The van der Waals surface area contributed by atoms with Gasteiger partial charge in [0.15, 0.2) is 0 Å². The van der Waals surface area contributed by atoms with Gasteiger partial charge in [0, 0.05) is 18.5 Å². The van der Waals surface area contributed by atoms with E-state index in [0.29, 0.717) is 0 Å². The maximum absolute atomic E-state index is 12.2. The van der Waals surface area contributed by atoms with E-state index in [-0.39, 0.29) is 13.0 Å². The Balaban J connectivity index is 3.06. The Bertz CT molecular complexity index is 547. The molecule has 0 saturated heterocycles. The van der Waals surface area contributed by atoms with Gasteiger partial charge in [-0.15, -0.1) is 0 Å². The average molecular weight is 331 g/mol. The second-order valence-electron chi connectivity index (χ2n) is 5.51. The molecule has 1 heterocycles. The molecule has 0 spiro atoms. The lowest BCUT2D eigenvalue weighted by Crippen LogP contribution is -2.53. The van der Waals surface area contributed by atoms with E-state index in [0.717, 1.165) is 6.08 Å². The molecule has 0 bridgehead atoms. The zero-order valence-corrected chi connectivity index (χ0v) is 12.5. The predicted molar refractivity (Wildman–Crippen MR) is 66.6 cm³/mol. The monoisotopic (exact) mass is 331 g/mol. The summed E-state index contributed by atoms with van der Waals surface area (Å²) in [6.07, 6.45) is 0.761. The first-order chi connectivity index (χ1) is 9.25. The van der Waals surface area contributed by atoms with E-state index < -0.39 is 38.9 Å². The van der Waals surface area contributed by atoms with Gasteiger partial charge in [0.1, 0.15) is 11.8 Å². The van der Waals surface area contributed by atoms with Gasteiger partial charge in [0.05, 0.1) is 0 Å². The highest BCUT2D eigenvalue weighted by atomic mass is 32.2. The van der Waals surface area contributed by atoms with Crippen molar-refractivity contribution >= 4 is 16.1 Å². The predicted octanol–water partition coefficient (Wildman–Crippen LogP) is 1.69. The lowest BCUT2D eigenvalue weighted by Gasteiger charge is -2.41. The van der Waals surface area contributed by atoms with E-state index in [4.69, 9.17) is 5.11 Å². The fourth-order valence-electron chi connectivity index (χ4n) is 1.93. The molecule has 1 N–H and O–H groups in total. The quantitative estimate of drug-likeness (QED) is 0.626. The van der Waals surface area contributed by atoms with Crippen molar-refractivity contribution in [1.82, 2.24) is 4.90 Å². The Hall–Kier alpha value is -1.29. The zero-order valence-electron chi connectivity index (χ0n) is 11.6. The second-order valence-corrected chi connectivity index (χ2v) is 7.05. The van der Waals surface area contributed by atoms with Crippen molar-refractivity contribution in [2.24, 2.45) is 0 Å². The molecule has 1 aliphatic heterocycles. The van der Waals surface area contributed by atoms with Crippen molar-refractivity contribution in [3.8, 4) is 0 Å². The van der Waals surface area contributed by atoms with Gasteiger partial charge in [0.2, 0.25) is 0 Å². The molecule has 1 unspecified atom stereocenters. The van der Waals surface area contributed by atoms with E-state index in [1.165, 1.54) is 4.90 Å². The van der Waals surface area contributed by atoms with Crippen LogP contribution in [0.25, 0.3) is 0 Å². The molecule has 122 valence electrons. The topological polar surface area (TPSA) is 83.9 Å². The first-order valence-corrected chi connectivity index (χ1v) is 7.37. The van der Waals surface area contributed by atoms with E-state index in [1.54, 1.807) is 20.8 Å². The lowest BCUT2D eigenvalue weighted by atomic mass is 9.98. The molecule has 0 radical (unpaired) electrons. The lowest BCUT2D eigenvalue weighted by molar-refractivity contribution is -0.143. The maximum atomic E-state index is 12.2. The van der Waals surface area contributed by atoms with Gasteiger partial charge in [-0.25, -0.2) is 0 Å². The highest BCUT2D eigenvalue weighted by Crippen LogP contribution is 2.31. The number of carboxylic acids is 1. The molecule has 1 aliphatic rings. The molecule has 1 rings (SSSR count). The third-order valence-corrected chi connectivity index (χ3v) is 3.89. The highest BCUT2D eigenvalue weighted by molar-refractivity contribution is 7.87. The molecule has 0 fully saturated rings. The first kappa shape index (κ1) is 17.8. The number of hydrogen-bond acceptors (Lipinski definition) is 5. The summed E-state index contributed by atoms with van der Waals surface area (Å²) in [5, 5.41) is 9.13. The average Bonchev–Trinajstić information content (AvgIpc) is 2.25. The third kappa shape index (κ3) is 4.10. The summed E-state index contributed by atoms with van der Waals surface area (Å²) in [7, 11) is -5.78. The number of carboxylic acid groups (broad SMARTS) is 1. The van der Waals surface area contributed by atoms with Gasteiger partial charge in [-0.2, -0.15) is 21.6 Å². The molecule has 10 heteroatoms. The van der Waals surface area contributed by atoms with Gasteiger partial charge in [-0.1, -0.05) is 0 Å². The Morgan fingerprint density at radius 3 is 2.29 bits per heavy atom. The van der Waals surface area contributed by atoms with Crippen LogP contribution in [0.1, 0.15) is 27.2 Å². The molecule has 0 aliphatic carbocycles. The van der Waals surface area contributed by atoms with Crippen LogP contribution in [-0.4, -0.2) is 48.0 Å². The summed E-state index contributed by atoms with van der Waals surface area (Å²) in [5.74, 6) is -1.81. The molecular weight excluding hydrogens is 315 g/mol. The number of halogens is 3. The Kier molecular flexibility index (Phi) is 4.64. The van der Waals surface area contributed by atoms with Gasteiger partial charge < -0.3 is 9.29 Å². The number of aliphatic carboxylic acids is 1. The van der Waals surface area contributed by atoms with E-state index in [1.807, 2.05) is 0 Å². The summed E-state index contributed by atoms with van der Waals surface area (Å²) in [6.45, 7) is 5.30. The van der Waals surface area contributed by atoms with Crippen LogP contribution >= 0.6 is 0 Å². The van der Waals surface area contributed by atoms with Crippen molar-refractivity contribution in [3.63, 3.8) is 0 Å². The number of hydrogen-bond donors (Lipinski definition) is 1. The van der Waals surface area contributed by atoms with Crippen LogP contribution in [0.15, 0.2) is 11.8 Å². The van der Waals surface area contributed by atoms with Gasteiger partial charge in [-0.05, 0) is 26.8 Å². The summed E-state index contributed by atoms with van der Waals surface area (Å²) in [4.78, 5) is 12.7. The Morgan fingerprint density at radius 1 is 1.38 bits per heavy atom.